The summed E-state index contributed by atoms with van der Waals surface area (Å²) in [6.45, 7) is 3.46. The maximum Gasteiger partial charge on any atom is 0.244 e. The summed E-state index contributed by atoms with van der Waals surface area (Å²) >= 11 is 5.74. The lowest BCUT2D eigenvalue weighted by Gasteiger charge is -2.21. The van der Waals surface area contributed by atoms with Crippen molar-refractivity contribution >= 4 is 21.6 Å². The van der Waals surface area contributed by atoms with Crippen LogP contribution in [0.2, 0.25) is 5.15 Å². The Morgan fingerprint density at radius 2 is 1.79 bits per heavy atom. The van der Waals surface area contributed by atoms with E-state index >= 15 is 0 Å². The minimum Gasteiger partial charge on any atom is -0.298 e. The van der Waals surface area contributed by atoms with E-state index < -0.39 is 10.0 Å². The Hall–Kier alpha value is -1.47. The fourth-order valence-corrected chi connectivity index (χ4v) is 4.38. The molecular weight excluding hydrogens is 346 g/mol. The van der Waals surface area contributed by atoms with Gasteiger partial charge in [-0.2, -0.15) is 4.31 Å². The molecule has 0 bridgehead atoms. The second kappa shape index (κ2) is 7.61. The smallest absolute Gasteiger partial charge is 0.244 e. The first-order valence-electron chi connectivity index (χ1n) is 7.94. The van der Waals surface area contributed by atoms with E-state index in [2.05, 4.69) is 22.0 Å². The second-order valence-corrected chi connectivity index (χ2v) is 8.16. The molecule has 1 fully saturated rings. The number of halogens is 1. The Balaban J connectivity index is 1.67. The molecule has 7 heteroatoms. The van der Waals surface area contributed by atoms with Crippen LogP contribution < -0.4 is 0 Å². The Bertz CT molecular complexity index is 766. The van der Waals surface area contributed by atoms with Crippen LogP contribution >= 0.6 is 11.6 Å². The quantitative estimate of drug-likeness (QED) is 0.781. The van der Waals surface area contributed by atoms with Crippen molar-refractivity contribution in [3.8, 4) is 0 Å². The molecule has 0 amide bonds. The van der Waals surface area contributed by atoms with Gasteiger partial charge in [0.05, 0.1) is 0 Å². The summed E-state index contributed by atoms with van der Waals surface area (Å²) in [5.41, 5.74) is 1.25. The summed E-state index contributed by atoms with van der Waals surface area (Å²) < 4.78 is 27.0. The van der Waals surface area contributed by atoms with Gasteiger partial charge in [0.25, 0.3) is 0 Å². The summed E-state index contributed by atoms with van der Waals surface area (Å²) in [4.78, 5) is 6.38. The maximum absolute atomic E-state index is 12.7. The SMILES string of the molecule is O=S(=O)(c1ccc(Cl)nc1)N1CCCN(Cc2ccccc2)CC1. The van der Waals surface area contributed by atoms with Crippen LogP contribution in [0.25, 0.3) is 0 Å². The molecule has 1 aliphatic heterocycles. The fourth-order valence-electron chi connectivity index (χ4n) is 2.85. The molecule has 0 saturated carbocycles. The van der Waals surface area contributed by atoms with Crippen molar-refractivity contribution in [2.75, 3.05) is 26.2 Å². The molecule has 1 aliphatic rings. The van der Waals surface area contributed by atoms with Crippen LogP contribution in [0, 0.1) is 0 Å². The first-order valence-corrected chi connectivity index (χ1v) is 9.75. The number of benzene rings is 1. The van der Waals surface area contributed by atoms with Crippen molar-refractivity contribution in [3.63, 3.8) is 0 Å². The van der Waals surface area contributed by atoms with Crippen LogP contribution in [0.1, 0.15) is 12.0 Å². The third kappa shape index (κ3) is 4.13. The third-order valence-electron chi connectivity index (χ3n) is 4.13. The predicted octanol–water partition coefficient (Wildman–Crippen LogP) is 2.63. The topological polar surface area (TPSA) is 53.5 Å². The Labute approximate surface area is 147 Å². The molecule has 0 spiro atoms. The van der Waals surface area contributed by atoms with Gasteiger partial charge in [0, 0.05) is 32.4 Å². The summed E-state index contributed by atoms with van der Waals surface area (Å²) in [7, 11) is -3.51. The average molecular weight is 366 g/mol. The van der Waals surface area contributed by atoms with Crippen LogP contribution in [0.3, 0.4) is 0 Å². The van der Waals surface area contributed by atoms with Crippen molar-refractivity contribution in [2.45, 2.75) is 17.9 Å². The van der Waals surface area contributed by atoms with Gasteiger partial charge in [-0.1, -0.05) is 41.9 Å². The predicted molar refractivity (Wildman–Crippen MR) is 94.3 cm³/mol. The van der Waals surface area contributed by atoms with E-state index in [4.69, 9.17) is 11.6 Å². The van der Waals surface area contributed by atoms with Crippen molar-refractivity contribution in [1.82, 2.24) is 14.2 Å². The van der Waals surface area contributed by atoms with Gasteiger partial charge in [-0.3, -0.25) is 4.90 Å². The van der Waals surface area contributed by atoms with E-state index in [0.717, 1.165) is 26.1 Å². The highest BCUT2D eigenvalue weighted by molar-refractivity contribution is 7.89. The number of nitrogens with zero attached hydrogens (tertiary/aromatic N) is 3. The molecule has 0 N–H and O–H groups in total. The third-order valence-corrected chi connectivity index (χ3v) is 6.24. The van der Waals surface area contributed by atoms with Gasteiger partial charge in [0.1, 0.15) is 10.0 Å². The molecule has 128 valence electrons. The number of pyridine rings is 1. The number of rotatable bonds is 4. The van der Waals surface area contributed by atoms with Crippen LogP contribution in [0.5, 0.6) is 0 Å². The lowest BCUT2D eigenvalue weighted by Crippen LogP contribution is -2.35. The molecule has 24 heavy (non-hydrogen) atoms. The lowest BCUT2D eigenvalue weighted by atomic mass is 10.2. The van der Waals surface area contributed by atoms with E-state index in [1.807, 2.05) is 18.2 Å². The van der Waals surface area contributed by atoms with Crippen molar-refractivity contribution < 1.29 is 8.42 Å². The number of aromatic nitrogens is 1. The summed E-state index contributed by atoms with van der Waals surface area (Å²) in [6, 6.07) is 13.3. The monoisotopic (exact) mass is 365 g/mol. The number of hydrogen-bond acceptors (Lipinski definition) is 4. The average Bonchev–Trinajstić information content (AvgIpc) is 2.82. The molecule has 0 unspecified atom stereocenters. The fraction of sp³-hybridized carbons (Fsp3) is 0.353. The molecule has 2 heterocycles. The molecule has 0 atom stereocenters. The van der Waals surface area contributed by atoms with Gasteiger partial charge >= 0.3 is 0 Å². The molecule has 1 aromatic carbocycles. The van der Waals surface area contributed by atoms with Gasteiger partial charge in [-0.25, -0.2) is 13.4 Å². The van der Waals surface area contributed by atoms with E-state index in [1.54, 1.807) is 4.31 Å². The van der Waals surface area contributed by atoms with Crippen LogP contribution in [0.15, 0.2) is 53.6 Å². The highest BCUT2D eigenvalue weighted by atomic mass is 35.5. The molecule has 1 saturated heterocycles. The van der Waals surface area contributed by atoms with E-state index in [-0.39, 0.29) is 4.90 Å². The van der Waals surface area contributed by atoms with Gasteiger partial charge in [0.15, 0.2) is 0 Å². The van der Waals surface area contributed by atoms with Gasteiger partial charge in [-0.15, -0.1) is 0 Å². The van der Waals surface area contributed by atoms with Crippen molar-refractivity contribution in [3.05, 3.63) is 59.4 Å². The summed E-state index contributed by atoms with van der Waals surface area (Å²) in [5.74, 6) is 0. The lowest BCUT2D eigenvalue weighted by molar-refractivity contribution is 0.278. The minimum atomic E-state index is -3.51. The number of sulfonamides is 1. The van der Waals surface area contributed by atoms with Crippen LogP contribution in [0.4, 0.5) is 0 Å². The van der Waals surface area contributed by atoms with E-state index in [1.165, 1.54) is 23.9 Å². The molecule has 5 nitrogen and oxygen atoms in total. The highest BCUT2D eigenvalue weighted by Gasteiger charge is 2.27. The summed E-state index contributed by atoms with van der Waals surface area (Å²) in [5, 5.41) is 0.291. The van der Waals surface area contributed by atoms with E-state index in [0.29, 0.717) is 18.2 Å². The number of hydrogen-bond donors (Lipinski definition) is 0. The first-order chi connectivity index (χ1) is 11.6. The van der Waals surface area contributed by atoms with Gasteiger partial charge < -0.3 is 0 Å². The molecule has 0 aliphatic carbocycles. The summed E-state index contributed by atoms with van der Waals surface area (Å²) in [6.07, 6.45) is 2.14. The zero-order valence-corrected chi connectivity index (χ0v) is 14.9. The Kier molecular flexibility index (Phi) is 5.50. The largest absolute Gasteiger partial charge is 0.298 e. The Morgan fingerprint density at radius 1 is 1.00 bits per heavy atom. The van der Waals surface area contributed by atoms with Crippen molar-refractivity contribution in [1.29, 1.82) is 0 Å². The Morgan fingerprint density at radius 3 is 2.50 bits per heavy atom. The molecular formula is C17H20ClN3O2S. The minimum absolute atomic E-state index is 0.198. The molecule has 1 aromatic heterocycles. The molecule has 0 radical (unpaired) electrons. The zero-order chi connectivity index (χ0) is 17.0. The second-order valence-electron chi connectivity index (χ2n) is 5.84. The van der Waals surface area contributed by atoms with Gasteiger partial charge in [-0.05, 0) is 30.7 Å². The standard InChI is InChI=1S/C17H20ClN3O2S/c18-17-8-7-16(13-19-17)24(22,23)21-10-4-9-20(11-12-21)14-15-5-2-1-3-6-15/h1-3,5-8,13H,4,9-12,14H2. The van der Waals surface area contributed by atoms with Crippen LogP contribution in [-0.4, -0.2) is 48.8 Å². The van der Waals surface area contributed by atoms with Crippen LogP contribution in [-0.2, 0) is 16.6 Å². The van der Waals surface area contributed by atoms with Crippen molar-refractivity contribution in [2.24, 2.45) is 0 Å². The molecule has 2 aromatic rings. The normalized spacial score (nSPS) is 17.5. The zero-order valence-electron chi connectivity index (χ0n) is 13.3. The van der Waals surface area contributed by atoms with E-state index in [9.17, 15) is 8.42 Å². The van der Waals surface area contributed by atoms with Gasteiger partial charge in [0.2, 0.25) is 10.0 Å². The first kappa shape index (κ1) is 17.4. The highest BCUT2D eigenvalue weighted by Crippen LogP contribution is 2.19. The maximum atomic E-state index is 12.7. The molecule has 3 rings (SSSR count).